The average Bonchev–Trinajstić information content (AvgIpc) is 2.12. The molecule has 0 heterocycles. The molecule has 0 aliphatic heterocycles. The van der Waals surface area contributed by atoms with Gasteiger partial charge in [0.15, 0.2) is 5.78 Å². The van der Waals surface area contributed by atoms with E-state index in [0.29, 0.717) is 0 Å². The number of hydrogen-bond donors (Lipinski definition) is 5. The molecule has 0 saturated carbocycles. The van der Waals surface area contributed by atoms with Crippen LogP contribution in [0.1, 0.15) is 0 Å². The zero-order chi connectivity index (χ0) is 9.72. The zero-order valence-corrected chi connectivity index (χ0v) is 6.42. The summed E-state index contributed by atoms with van der Waals surface area (Å²) in [5.74, 6) is -0.890. The Morgan fingerprint density at radius 2 is 1.75 bits per heavy atom. The molecule has 6 heteroatoms. The second-order valence-corrected chi connectivity index (χ2v) is 2.39. The molecule has 0 radical (unpaired) electrons. The number of nitrogens with two attached hydrogens (primary N) is 1. The van der Waals surface area contributed by atoms with Crippen LogP contribution in [0.15, 0.2) is 0 Å². The minimum atomic E-state index is -1.74. The molecule has 0 aliphatic rings. The second-order valence-electron chi connectivity index (χ2n) is 2.39. The van der Waals surface area contributed by atoms with E-state index < -0.39 is 37.2 Å². The number of ketones is 1. The third-order valence-corrected chi connectivity index (χ3v) is 1.41. The molecule has 72 valence electrons. The van der Waals surface area contributed by atoms with Gasteiger partial charge in [0.25, 0.3) is 0 Å². The van der Waals surface area contributed by atoms with Gasteiger partial charge in [-0.15, -0.1) is 0 Å². The van der Waals surface area contributed by atoms with Crippen LogP contribution in [-0.2, 0) is 4.79 Å². The van der Waals surface area contributed by atoms with E-state index >= 15 is 0 Å². The van der Waals surface area contributed by atoms with Gasteiger partial charge in [-0.3, -0.25) is 4.79 Å². The molecule has 0 amide bonds. The van der Waals surface area contributed by atoms with Gasteiger partial charge in [-0.25, -0.2) is 0 Å². The smallest absolute Gasteiger partial charge is 0.182 e. The Hall–Kier alpha value is -0.530. The Labute approximate surface area is 69.2 Å². The molecule has 3 unspecified atom stereocenters. The molecular formula is C6H13NO5. The maximum atomic E-state index is 10.9. The van der Waals surface area contributed by atoms with E-state index in [0.717, 1.165) is 0 Å². The van der Waals surface area contributed by atoms with E-state index in [-0.39, 0.29) is 0 Å². The van der Waals surface area contributed by atoms with Crippen LogP contribution in [0.3, 0.4) is 0 Å². The molecule has 0 aromatic heterocycles. The summed E-state index contributed by atoms with van der Waals surface area (Å²) in [6.07, 6.45) is -3.28. The highest BCUT2D eigenvalue weighted by Gasteiger charge is 2.27. The third kappa shape index (κ3) is 2.84. The zero-order valence-electron chi connectivity index (χ0n) is 6.42. The number of Topliss-reactive ketones (excluding diaryl/α,β-unsaturated/α-hetero) is 1. The molecule has 0 aromatic rings. The molecule has 0 saturated heterocycles. The molecule has 0 bridgehead atoms. The predicted octanol–water partition coefficient (Wildman–Crippen LogP) is -3.41. The first-order valence-electron chi connectivity index (χ1n) is 3.41. The van der Waals surface area contributed by atoms with Gasteiger partial charge in [0.2, 0.25) is 0 Å². The first kappa shape index (κ1) is 11.5. The van der Waals surface area contributed by atoms with Crippen molar-refractivity contribution < 1.29 is 25.2 Å². The van der Waals surface area contributed by atoms with E-state index in [1.165, 1.54) is 0 Å². The molecule has 0 fully saturated rings. The van der Waals surface area contributed by atoms with Gasteiger partial charge in [0.05, 0.1) is 19.3 Å². The highest BCUT2D eigenvalue weighted by atomic mass is 16.4. The normalized spacial score (nSPS) is 18.4. The summed E-state index contributed by atoms with van der Waals surface area (Å²) >= 11 is 0. The summed E-state index contributed by atoms with van der Waals surface area (Å²) in [5, 5.41) is 34.5. The van der Waals surface area contributed by atoms with Crippen LogP contribution >= 0.6 is 0 Å². The number of carbonyl (C=O) groups is 1. The van der Waals surface area contributed by atoms with Crippen molar-refractivity contribution >= 4 is 5.78 Å². The van der Waals surface area contributed by atoms with Crippen molar-refractivity contribution in [2.75, 3.05) is 13.2 Å². The van der Waals surface area contributed by atoms with Gasteiger partial charge in [-0.05, 0) is 0 Å². The molecule has 0 aliphatic carbocycles. The lowest BCUT2D eigenvalue weighted by molar-refractivity contribution is -0.136. The second kappa shape index (κ2) is 5.18. The summed E-state index contributed by atoms with van der Waals surface area (Å²) in [4.78, 5) is 10.9. The summed E-state index contributed by atoms with van der Waals surface area (Å²) < 4.78 is 0. The third-order valence-electron chi connectivity index (χ3n) is 1.41. The van der Waals surface area contributed by atoms with Crippen molar-refractivity contribution in [1.82, 2.24) is 0 Å². The average molecular weight is 179 g/mol. The van der Waals surface area contributed by atoms with Crippen LogP contribution in [-0.4, -0.2) is 57.7 Å². The summed E-state index contributed by atoms with van der Waals surface area (Å²) in [7, 11) is 0. The molecule has 3 atom stereocenters. The van der Waals surface area contributed by atoms with Crippen molar-refractivity contribution in [2.24, 2.45) is 5.73 Å². The lowest BCUT2D eigenvalue weighted by Crippen LogP contribution is -2.47. The van der Waals surface area contributed by atoms with Crippen molar-refractivity contribution in [3.05, 3.63) is 0 Å². The van der Waals surface area contributed by atoms with E-state index in [4.69, 9.17) is 26.2 Å². The first-order chi connectivity index (χ1) is 5.54. The Morgan fingerprint density at radius 1 is 1.25 bits per heavy atom. The van der Waals surface area contributed by atoms with Crippen LogP contribution in [0, 0.1) is 0 Å². The minimum absolute atomic E-state index is 0.603. The van der Waals surface area contributed by atoms with Gasteiger partial charge in [0, 0.05) is 0 Å². The first-order valence-corrected chi connectivity index (χ1v) is 3.41. The van der Waals surface area contributed by atoms with Crippen LogP contribution in [0.5, 0.6) is 0 Å². The highest BCUT2D eigenvalue weighted by Crippen LogP contribution is 1.96. The van der Waals surface area contributed by atoms with E-state index in [1.807, 2.05) is 0 Å². The Balaban J connectivity index is 4.09. The highest BCUT2D eigenvalue weighted by molar-refractivity contribution is 5.88. The van der Waals surface area contributed by atoms with Gasteiger partial charge < -0.3 is 26.2 Å². The standard InChI is InChI=1S/C6H13NO5/c7-3(1-8)5(11)6(12)4(10)2-9/h3-4,6,8-10,12H,1-2,7H2. The number of aliphatic hydroxyl groups is 4. The fraction of sp³-hybridized carbons (Fsp3) is 0.833. The van der Waals surface area contributed by atoms with Crippen molar-refractivity contribution in [3.63, 3.8) is 0 Å². The molecule has 6 N–H and O–H groups in total. The molecule has 12 heavy (non-hydrogen) atoms. The van der Waals surface area contributed by atoms with Gasteiger partial charge in [-0.2, -0.15) is 0 Å². The minimum Gasteiger partial charge on any atom is -0.394 e. The lowest BCUT2D eigenvalue weighted by Gasteiger charge is -2.16. The van der Waals surface area contributed by atoms with E-state index in [9.17, 15) is 4.79 Å². The Kier molecular flexibility index (Phi) is 4.95. The SMILES string of the molecule is NC(CO)C(=O)C(O)C(O)CO. The molecule has 0 rings (SSSR count). The van der Waals surface area contributed by atoms with Crippen LogP contribution < -0.4 is 5.73 Å². The van der Waals surface area contributed by atoms with E-state index in [1.54, 1.807) is 0 Å². The maximum absolute atomic E-state index is 10.9. The monoisotopic (exact) mass is 179 g/mol. The largest absolute Gasteiger partial charge is 0.394 e. The van der Waals surface area contributed by atoms with Crippen molar-refractivity contribution in [1.29, 1.82) is 0 Å². The topological polar surface area (TPSA) is 124 Å². The number of rotatable bonds is 5. The van der Waals surface area contributed by atoms with Crippen LogP contribution in [0.2, 0.25) is 0 Å². The fourth-order valence-corrected chi connectivity index (χ4v) is 0.599. The van der Waals surface area contributed by atoms with Gasteiger partial charge in [0.1, 0.15) is 12.2 Å². The summed E-state index contributed by atoms with van der Waals surface area (Å²) in [6.45, 7) is -1.33. The molecule has 6 nitrogen and oxygen atoms in total. The lowest BCUT2D eigenvalue weighted by atomic mass is 10.0. The molecule has 0 aromatic carbocycles. The van der Waals surface area contributed by atoms with Crippen LogP contribution in [0.25, 0.3) is 0 Å². The quantitative estimate of drug-likeness (QED) is 0.299. The van der Waals surface area contributed by atoms with Crippen molar-refractivity contribution in [3.8, 4) is 0 Å². The van der Waals surface area contributed by atoms with Gasteiger partial charge >= 0.3 is 0 Å². The predicted molar refractivity (Wildman–Crippen MR) is 39.2 cm³/mol. The van der Waals surface area contributed by atoms with E-state index in [2.05, 4.69) is 0 Å². The Morgan fingerprint density at radius 3 is 2.08 bits per heavy atom. The number of carbonyl (C=O) groups excluding carboxylic acids is 1. The fourth-order valence-electron chi connectivity index (χ4n) is 0.599. The maximum Gasteiger partial charge on any atom is 0.182 e. The summed E-state index contributed by atoms with van der Waals surface area (Å²) in [5.41, 5.74) is 5.06. The van der Waals surface area contributed by atoms with Gasteiger partial charge in [-0.1, -0.05) is 0 Å². The summed E-state index contributed by atoms with van der Waals surface area (Å²) in [6, 6.07) is -1.22. The Bertz CT molecular complexity index is 151. The van der Waals surface area contributed by atoms with Crippen LogP contribution in [0.4, 0.5) is 0 Å². The van der Waals surface area contributed by atoms with Crippen molar-refractivity contribution in [2.45, 2.75) is 18.2 Å². The number of hydrogen-bond acceptors (Lipinski definition) is 6. The molecule has 0 spiro atoms. The molecular weight excluding hydrogens is 166 g/mol. The number of aliphatic hydroxyl groups excluding tert-OH is 4.